The quantitative estimate of drug-likeness (QED) is 0.888. The number of carbonyl (C=O) groups excluding carboxylic acids is 1. The molecule has 0 aliphatic rings. The zero-order valence-electron chi connectivity index (χ0n) is 12.2. The number of benzene rings is 1. The van der Waals surface area contributed by atoms with E-state index < -0.39 is 23.7 Å². The average Bonchev–Trinajstić information content (AvgIpc) is 2.34. The van der Waals surface area contributed by atoms with E-state index in [1.165, 1.54) is 0 Å². The molecule has 0 fully saturated rings. The third-order valence-electron chi connectivity index (χ3n) is 2.76. The van der Waals surface area contributed by atoms with E-state index in [-0.39, 0.29) is 5.92 Å². The molecule has 110 valence electrons. The summed E-state index contributed by atoms with van der Waals surface area (Å²) in [7, 11) is 0. The van der Waals surface area contributed by atoms with Gasteiger partial charge in [-0.1, -0.05) is 37.3 Å². The van der Waals surface area contributed by atoms with Crippen LogP contribution in [0.5, 0.6) is 0 Å². The Bertz CT molecular complexity index is 465. The van der Waals surface area contributed by atoms with E-state index in [2.05, 4.69) is 5.32 Å². The second-order valence-corrected chi connectivity index (χ2v) is 5.66. The summed E-state index contributed by atoms with van der Waals surface area (Å²) in [4.78, 5) is 23.1. The van der Waals surface area contributed by atoms with E-state index >= 15 is 0 Å². The van der Waals surface area contributed by atoms with Gasteiger partial charge in [0.2, 0.25) is 0 Å². The summed E-state index contributed by atoms with van der Waals surface area (Å²) in [6, 6.07) is 8.14. The molecule has 0 aliphatic heterocycles. The molecule has 1 rings (SSSR count). The lowest BCUT2D eigenvalue weighted by atomic mass is 9.93. The minimum absolute atomic E-state index is 0.360. The van der Waals surface area contributed by atoms with Crippen molar-refractivity contribution in [3.05, 3.63) is 35.9 Å². The molecule has 0 saturated heterocycles. The lowest BCUT2D eigenvalue weighted by Crippen LogP contribution is -2.46. The number of hydrogen-bond acceptors (Lipinski definition) is 3. The molecule has 5 nitrogen and oxygen atoms in total. The maximum absolute atomic E-state index is 11.7. The van der Waals surface area contributed by atoms with Gasteiger partial charge in [0.1, 0.15) is 11.6 Å². The lowest BCUT2D eigenvalue weighted by Gasteiger charge is -2.25. The molecule has 1 amide bonds. The summed E-state index contributed by atoms with van der Waals surface area (Å²) in [6.45, 7) is 6.93. The third-order valence-corrected chi connectivity index (χ3v) is 2.76. The first-order valence-electron chi connectivity index (χ1n) is 6.48. The molecule has 1 aromatic rings. The molecule has 0 spiro atoms. The van der Waals surface area contributed by atoms with Gasteiger partial charge in [0.25, 0.3) is 0 Å². The number of amides is 1. The molecule has 20 heavy (non-hydrogen) atoms. The number of carboxylic acids is 1. The van der Waals surface area contributed by atoms with Crippen molar-refractivity contribution in [2.75, 3.05) is 0 Å². The number of ether oxygens (including phenoxy) is 1. The second kappa shape index (κ2) is 6.41. The van der Waals surface area contributed by atoms with Gasteiger partial charge < -0.3 is 15.2 Å². The molecular formula is C15H21NO4. The van der Waals surface area contributed by atoms with Crippen LogP contribution in [0.1, 0.15) is 39.2 Å². The Kier molecular flexibility index (Phi) is 5.13. The molecule has 0 aromatic heterocycles. The first-order chi connectivity index (χ1) is 9.20. The van der Waals surface area contributed by atoms with E-state index in [0.29, 0.717) is 0 Å². The molecule has 0 aliphatic carbocycles. The molecule has 0 radical (unpaired) electrons. The summed E-state index contributed by atoms with van der Waals surface area (Å²) in [5, 5.41) is 11.7. The predicted molar refractivity (Wildman–Crippen MR) is 75.7 cm³/mol. The van der Waals surface area contributed by atoms with Gasteiger partial charge >= 0.3 is 12.1 Å². The number of hydrogen-bond donors (Lipinski definition) is 2. The molecule has 2 atom stereocenters. The van der Waals surface area contributed by atoms with Crippen molar-refractivity contribution in [3.8, 4) is 0 Å². The highest BCUT2D eigenvalue weighted by Crippen LogP contribution is 2.19. The third kappa shape index (κ3) is 4.91. The van der Waals surface area contributed by atoms with E-state index in [4.69, 9.17) is 4.74 Å². The smallest absolute Gasteiger partial charge is 0.408 e. The van der Waals surface area contributed by atoms with Gasteiger partial charge in [-0.3, -0.25) is 0 Å². The standard InChI is InChI=1S/C15H21NO4/c1-10(11-8-6-5-7-9-11)12(13(17)18)16-14(19)20-15(2,3)4/h5-10,12H,1-4H3,(H,16,19)(H,17,18)/t10-,12-/m1/s1. The Hall–Kier alpha value is -2.04. The fourth-order valence-corrected chi connectivity index (χ4v) is 1.78. The van der Waals surface area contributed by atoms with Crippen LogP contribution in [0.2, 0.25) is 0 Å². The van der Waals surface area contributed by atoms with Crippen molar-refractivity contribution < 1.29 is 19.4 Å². The van der Waals surface area contributed by atoms with Crippen LogP contribution in [-0.4, -0.2) is 28.8 Å². The van der Waals surface area contributed by atoms with E-state index in [9.17, 15) is 14.7 Å². The minimum Gasteiger partial charge on any atom is -0.480 e. The van der Waals surface area contributed by atoms with Crippen LogP contribution in [0.15, 0.2) is 30.3 Å². The van der Waals surface area contributed by atoms with E-state index in [0.717, 1.165) is 5.56 Å². The fraction of sp³-hybridized carbons (Fsp3) is 0.467. The number of carbonyl (C=O) groups is 2. The summed E-state index contributed by atoms with van der Waals surface area (Å²) in [5.74, 6) is -1.45. The molecular weight excluding hydrogens is 258 g/mol. The molecule has 0 heterocycles. The van der Waals surface area contributed by atoms with Crippen LogP contribution < -0.4 is 5.32 Å². The minimum atomic E-state index is -1.09. The Morgan fingerprint density at radius 2 is 1.75 bits per heavy atom. The molecule has 0 unspecified atom stereocenters. The highest BCUT2D eigenvalue weighted by atomic mass is 16.6. The Morgan fingerprint density at radius 3 is 2.20 bits per heavy atom. The monoisotopic (exact) mass is 279 g/mol. The topological polar surface area (TPSA) is 75.6 Å². The Balaban J connectivity index is 2.80. The highest BCUT2D eigenvalue weighted by Gasteiger charge is 2.29. The van der Waals surface area contributed by atoms with Gasteiger partial charge in [-0.25, -0.2) is 9.59 Å². The highest BCUT2D eigenvalue weighted by molar-refractivity contribution is 5.81. The van der Waals surface area contributed by atoms with Crippen molar-refractivity contribution in [1.29, 1.82) is 0 Å². The number of alkyl carbamates (subject to hydrolysis) is 1. The lowest BCUT2D eigenvalue weighted by molar-refractivity contribution is -0.140. The predicted octanol–water partition coefficient (Wildman–Crippen LogP) is 2.77. The molecule has 5 heteroatoms. The number of rotatable bonds is 4. The number of aliphatic carboxylic acids is 1. The SMILES string of the molecule is C[C@H](c1ccccc1)[C@@H](NC(=O)OC(C)(C)C)C(=O)O. The summed E-state index contributed by atoms with van der Waals surface area (Å²) >= 11 is 0. The summed E-state index contributed by atoms with van der Waals surface area (Å²) in [6.07, 6.45) is -0.729. The van der Waals surface area contributed by atoms with Gasteiger partial charge in [0.15, 0.2) is 0 Å². The van der Waals surface area contributed by atoms with Crippen molar-refractivity contribution in [1.82, 2.24) is 5.32 Å². The number of nitrogens with one attached hydrogen (secondary N) is 1. The van der Waals surface area contributed by atoms with Gasteiger partial charge in [0, 0.05) is 5.92 Å². The fourth-order valence-electron chi connectivity index (χ4n) is 1.78. The normalized spacial score (nSPS) is 14.2. The van der Waals surface area contributed by atoms with Crippen molar-refractivity contribution in [2.45, 2.75) is 45.3 Å². The molecule has 1 aromatic carbocycles. The molecule has 2 N–H and O–H groups in total. The largest absolute Gasteiger partial charge is 0.480 e. The van der Waals surface area contributed by atoms with Crippen LogP contribution in [0.25, 0.3) is 0 Å². The summed E-state index contributed by atoms with van der Waals surface area (Å²) in [5.41, 5.74) is 0.180. The van der Waals surface area contributed by atoms with Crippen molar-refractivity contribution in [2.24, 2.45) is 0 Å². The average molecular weight is 279 g/mol. The van der Waals surface area contributed by atoms with Crippen molar-refractivity contribution in [3.63, 3.8) is 0 Å². The van der Waals surface area contributed by atoms with Gasteiger partial charge in [-0.05, 0) is 26.3 Å². The summed E-state index contributed by atoms with van der Waals surface area (Å²) < 4.78 is 5.09. The van der Waals surface area contributed by atoms with Crippen LogP contribution in [-0.2, 0) is 9.53 Å². The van der Waals surface area contributed by atoms with Gasteiger partial charge in [-0.15, -0.1) is 0 Å². The zero-order valence-corrected chi connectivity index (χ0v) is 12.2. The molecule has 0 bridgehead atoms. The first kappa shape index (κ1) is 16.0. The molecule has 0 saturated carbocycles. The zero-order chi connectivity index (χ0) is 15.3. The first-order valence-corrected chi connectivity index (χ1v) is 6.48. The van der Waals surface area contributed by atoms with Crippen LogP contribution >= 0.6 is 0 Å². The van der Waals surface area contributed by atoms with Crippen LogP contribution in [0.4, 0.5) is 4.79 Å². The number of carboxylic acid groups (broad SMARTS) is 1. The second-order valence-electron chi connectivity index (χ2n) is 5.66. The van der Waals surface area contributed by atoms with E-state index in [1.54, 1.807) is 27.7 Å². The Labute approximate surface area is 118 Å². The van der Waals surface area contributed by atoms with Gasteiger partial charge in [-0.2, -0.15) is 0 Å². The van der Waals surface area contributed by atoms with Gasteiger partial charge in [0.05, 0.1) is 0 Å². The van der Waals surface area contributed by atoms with E-state index in [1.807, 2.05) is 30.3 Å². The van der Waals surface area contributed by atoms with Crippen LogP contribution in [0, 0.1) is 0 Å². The Morgan fingerprint density at radius 1 is 1.20 bits per heavy atom. The van der Waals surface area contributed by atoms with Crippen molar-refractivity contribution >= 4 is 12.1 Å². The maximum atomic E-state index is 11.7. The maximum Gasteiger partial charge on any atom is 0.408 e. The van der Waals surface area contributed by atoms with Crippen LogP contribution in [0.3, 0.4) is 0 Å².